The van der Waals surface area contributed by atoms with E-state index in [4.69, 9.17) is 15.7 Å². The first-order valence-corrected chi connectivity index (χ1v) is 6.69. The molecule has 1 unspecified atom stereocenters. The molecule has 18 heavy (non-hydrogen) atoms. The lowest BCUT2D eigenvalue weighted by Gasteiger charge is -2.29. The maximum atomic E-state index is 8.85. The van der Waals surface area contributed by atoms with Gasteiger partial charge in [0.15, 0.2) is 6.10 Å². The molecule has 0 aromatic carbocycles. The quantitative estimate of drug-likeness (QED) is 0.799. The molecule has 0 bridgehead atoms. The summed E-state index contributed by atoms with van der Waals surface area (Å²) in [6, 6.07) is 4.24. The highest BCUT2D eigenvalue weighted by Gasteiger charge is 2.20. The fourth-order valence-electron chi connectivity index (χ4n) is 1.83. The Balaban J connectivity index is 1.93. The molecule has 1 aliphatic rings. The molecule has 1 atom stereocenters. The first-order chi connectivity index (χ1) is 8.81. The molecular weight excluding hydrogens is 246 g/mol. The van der Waals surface area contributed by atoms with E-state index in [9.17, 15) is 0 Å². The molecule has 2 heterocycles. The van der Waals surface area contributed by atoms with Crippen LogP contribution in [-0.4, -0.2) is 37.2 Å². The van der Waals surface area contributed by atoms with E-state index < -0.39 is 0 Å². The van der Waals surface area contributed by atoms with Gasteiger partial charge in [-0.2, -0.15) is 5.26 Å². The Hall–Kier alpha value is -1.37. The van der Waals surface area contributed by atoms with Crippen molar-refractivity contribution in [3.8, 4) is 17.9 Å². The lowest BCUT2D eigenvalue weighted by molar-refractivity contribution is -0.00232. The molecule has 1 aromatic rings. The standard InChI is InChI=1S/C13H15N3OS/c14-3-1-2-11-6-13(18-10-11)9-16-4-5-17-12(7-15)8-16/h6,10,12H,3-5,8-9,14H2. The van der Waals surface area contributed by atoms with E-state index in [1.165, 1.54) is 4.88 Å². The molecule has 1 fully saturated rings. The van der Waals surface area contributed by atoms with Crippen LogP contribution >= 0.6 is 11.3 Å². The van der Waals surface area contributed by atoms with Crippen LogP contribution in [0.2, 0.25) is 0 Å². The van der Waals surface area contributed by atoms with Gasteiger partial charge in [-0.3, -0.25) is 4.90 Å². The van der Waals surface area contributed by atoms with Crippen LogP contribution in [0.4, 0.5) is 0 Å². The van der Waals surface area contributed by atoms with E-state index in [0.717, 1.165) is 18.7 Å². The van der Waals surface area contributed by atoms with Crippen LogP contribution < -0.4 is 5.73 Å². The second-order valence-electron chi connectivity index (χ2n) is 4.03. The first-order valence-electron chi connectivity index (χ1n) is 5.81. The van der Waals surface area contributed by atoms with Crippen molar-refractivity contribution in [1.82, 2.24) is 4.90 Å². The summed E-state index contributed by atoms with van der Waals surface area (Å²) in [5, 5.41) is 10.9. The van der Waals surface area contributed by atoms with Gasteiger partial charge in [0.25, 0.3) is 0 Å². The number of hydrogen-bond donors (Lipinski definition) is 1. The van der Waals surface area contributed by atoms with Crippen molar-refractivity contribution in [2.24, 2.45) is 5.73 Å². The third kappa shape index (κ3) is 3.56. The van der Waals surface area contributed by atoms with E-state index in [1.807, 2.05) is 5.38 Å². The van der Waals surface area contributed by atoms with Gasteiger partial charge in [0.05, 0.1) is 19.2 Å². The monoisotopic (exact) mass is 261 g/mol. The number of nitrogens with zero attached hydrogens (tertiary/aromatic N) is 2. The number of nitriles is 1. The minimum atomic E-state index is -0.296. The first kappa shape index (κ1) is 13.1. The van der Waals surface area contributed by atoms with Crippen LogP contribution in [0.3, 0.4) is 0 Å². The summed E-state index contributed by atoms with van der Waals surface area (Å²) < 4.78 is 5.32. The molecule has 1 aromatic heterocycles. The summed E-state index contributed by atoms with van der Waals surface area (Å²) >= 11 is 1.69. The summed E-state index contributed by atoms with van der Waals surface area (Å²) in [7, 11) is 0. The second-order valence-corrected chi connectivity index (χ2v) is 5.03. The predicted octanol–water partition coefficient (Wildman–Crippen LogP) is 0.783. The Labute approximate surface area is 111 Å². The van der Waals surface area contributed by atoms with Crippen LogP contribution in [0.1, 0.15) is 10.4 Å². The van der Waals surface area contributed by atoms with Gasteiger partial charge in [0, 0.05) is 35.5 Å². The van der Waals surface area contributed by atoms with Gasteiger partial charge in [0.1, 0.15) is 0 Å². The van der Waals surface area contributed by atoms with Crippen LogP contribution in [0.5, 0.6) is 0 Å². The van der Waals surface area contributed by atoms with Gasteiger partial charge in [-0.05, 0) is 6.07 Å². The minimum Gasteiger partial charge on any atom is -0.361 e. The Morgan fingerprint density at radius 3 is 3.28 bits per heavy atom. The molecule has 0 radical (unpaired) electrons. The summed E-state index contributed by atoms with van der Waals surface area (Å²) in [6.07, 6.45) is -0.296. The van der Waals surface area contributed by atoms with Crippen molar-refractivity contribution >= 4 is 11.3 Å². The average molecular weight is 261 g/mol. The highest BCUT2D eigenvalue weighted by Crippen LogP contribution is 2.17. The largest absolute Gasteiger partial charge is 0.361 e. The molecular formula is C13H15N3OS. The van der Waals surface area contributed by atoms with Gasteiger partial charge >= 0.3 is 0 Å². The van der Waals surface area contributed by atoms with Gasteiger partial charge < -0.3 is 10.5 Å². The third-order valence-electron chi connectivity index (χ3n) is 2.66. The number of ether oxygens (including phenoxy) is 1. The topological polar surface area (TPSA) is 62.3 Å². The normalized spacial score (nSPS) is 19.9. The van der Waals surface area contributed by atoms with Crippen molar-refractivity contribution in [3.05, 3.63) is 21.9 Å². The lowest BCUT2D eigenvalue weighted by atomic mass is 10.2. The van der Waals surface area contributed by atoms with Crippen molar-refractivity contribution in [1.29, 1.82) is 5.26 Å². The molecule has 0 amide bonds. The average Bonchev–Trinajstić information content (AvgIpc) is 2.84. The fraction of sp³-hybridized carbons (Fsp3) is 0.462. The molecule has 2 rings (SSSR count). The number of morpholine rings is 1. The fourth-order valence-corrected chi connectivity index (χ4v) is 2.68. The van der Waals surface area contributed by atoms with E-state index in [2.05, 4.69) is 28.9 Å². The van der Waals surface area contributed by atoms with Crippen molar-refractivity contribution < 1.29 is 4.74 Å². The molecule has 94 valence electrons. The van der Waals surface area contributed by atoms with Gasteiger partial charge in [-0.15, -0.1) is 11.3 Å². The number of hydrogen-bond acceptors (Lipinski definition) is 5. The zero-order valence-corrected chi connectivity index (χ0v) is 10.9. The zero-order valence-electron chi connectivity index (χ0n) is 10.1. The van der Waals surface area contributed by atoms with Crippen LogP contribution in [0.15, 0.2) is 11.4 Å². The van der Waals surface area contributed by atoms with Crippen LogP contribution in [-0.2, 0) is 11.3 Å². The Bertz CT molecular complexity index is 494. The molecule has 1 saturated heterocycles. The Morgan fingerprint density at radius 1 is 1.61 bits per heavy atom. The second kappa shape index (κ2) is 6.53. The van der Waals surface area contributed by atoms with Crippen molar-refractivity contribution in [2.75, 3.05) is 26.2 Å². The van der Waals surface area contributed by atoms with E-state index in [1.54, 1.807) is 11.3 Å². The molecule has 2 N–H and O–H groups in total. The maximum absolute atomic E-state index is 8.85. The van der Waals surface area contributed by atoms with Gasteiger partial charge in [0.2, 0.25) is 0 Å². The minimum absolute atomic E-state index is 0.296. The smallest absolute Gasteiger partial charge is 0.156 e. The molecule has 0 spiro atoms. The zero-order chi connectivity index (χ0) is 12.8. The number of nitrogens with two attached hydrogens (primary N) is 1. The number of thiophene rings is 1. The Kier molecular flexibility index (Phi) is 4.74. The van der Waals surface area contributed by atoms with Gasteiger partial charge in [-0.25, -0.2) is 0 Å². The predicted molar refractivity (Wildman–Crippen MR) is 70.9 cm³/mol. The van der Waals surface area contributed by atoms with Gasteiger partial charge in [-0.1, -0.05) is 11.8 Å². The summed E-state index contributed by atoms with van der Waals surface area (Å²) in [5.41, 5.74) is 6.36. The maximum Gasteiger partial charge on any atom is 0.156 e. The van der Waals surface area contributed by atoms with Crippen LogP contribution in [0.25, 0.3) is 0 Å². The van der Waals surface area contributed by atoms with E-state index in [-0.39, 0.29) is 6.10 Å². The van der Waals surface area contributed by atoms with Crippen molar-refractivity contribution in [2.45, 2.75) is 12.6 Å². The van der Waals surface area contributed by atoms with Crippen molar-refractivity contribution in [3.63, 3.8) is 0 Å². The summed E-state index contributed by atoms with van der Waals surface area (Å²) in [6.45, 7) is 3.43. The molecule has 4 nitrogen and oxygen atoms in total. The molecule has 0 saturated carbocycles. The van der Waals surface area contributed by atoms with Crippen LogP contribution in [0, 0.1) is 23.2 Å². The summed E-state index contributed by atoms with van der Waals surface area (Å²) in [4.78, 5) is 3.50. The SMILES string of the molecule is N#CC1CN(Cc2cc(C#CCN)cs2)CCO1. The number of rotatable bonds is 2. The molecule has 0 aliphatic carbocycles. The highest BCUT2D eigenvalue weighted by atomic mass is 32.1. The lowest BCUT2D eigenvalue weighted by Crippen LogP contribution is -2.41. The third-order valence-corrected chi connectivity index (χ3v) is 3.58. The van der Waals surface area contributed by atoms with E-state index in [0.29, 0.717) is 19.7 Å². The summed E-state index contributed by atoms with van der Waals surface area (Å²) in [5.74, 6) is 5.87. The Morgan fingerprint density at radius 2 is 2.50 bits per heavy atom. The molecule has 5 heteroatoms. The molecule has 1 aliphatic heterocycles. The van der Waals surface area contributed by atoms with E-state index >= 15 is 0 Å². The highest BCUT2D eigenvalue weighted by molar-refractivity contribution is 7.10.